The zero-order chi connectivity index (χ0) is 20.3. The molecule has 7 unspecified atom stereocenters. The normalized spacial score (nSPS) is 53.4. The lowest BCUT2D eigenvalue weighted by Gasteiger charge is -2.67. The van der Waals surface area contributed by atoms with Crippen molar-refractivity contribution in [3.8, 4) is 0 Å². The standard InChI is InChI=1S/C26H45NO2/c1-24-14-11-19(28)17-18(24)7-8-20-21(24)12-15-26-22(20)9-10-23(26)25(2,29-26)13-5-3-4-6-16-27/h18-23,28H,3-17,27H2,1-2H3/t18?,19?,20?,21?,22?,23-,24?,25+,26?/m1/s1. The number of aliphatic hydroxyl groups excluding tert-OH is 1. The first-order valence-electron chi connectivity index (χ1n) is 13.0. The van der Waals surface area contributed by atoms with Crippen LogP contribution in [-0.4, -0.2) is 29.0 Å². The monoisotopic (exact) mass is 403 g/mol. The Morgan fingerprint density at radius 2 is 1.72 bits per heavy atom. The van der Waals surface area contributed by atoms with Crippen molar-refractivity contribution in [3.63, 3.8) is 0 Å². The minimum Gasteiger partial charge on any atom is -0.393 e. The van der Waals surface area contributed by atoms with Crippen molar-refractivity contribution in [1.82, 2.24) is 0 Å². The van der Waals surface area contributed by atoms with Gasteiger partial charge < -0.3 is 15.6 Å². The van der Waals surface area contributed by atoms with Crippen LogP contribution in [0.25, 0.3) is 0 Å². The largest absolute Gasteiger partial charge is 0.393 e. The van der Waals surface area contributed by atoms with E-state index in [2.05, 4.69) is 13.8 Å². The summed E-state index contributed by atoms with van der Waals surface area (Å²) >= 11 is 0. The van der Waals surface area contributed by atoms with Crippen LogP contribution >= 0.6 is 0 Å². The molecule has 166 valence electrons. The van der Waals surface area contributed by atoms with Gasteiger partial charge >= 0.3 is 0 Å². The molecule has 4 saturated carbocycles. The molecule has 0 radical (unpaired) electrons. The van der Waals surface area contributed by atoms with Gasteiger partial charge in [-0.3, -0.25) is 0 Å². The van der Waals surface area contributed by atoms with Gasteiger partial charge in [-0.25, -0.2) is 0 Å². The lowest BCUT2D eigenvalue weighted by molar-refractivity contribution is -0.344. The zero-order valence-electron chi connectivity index (χ0n) is 19.0. The molecule has 0 aromatic heterocycles. The van der Waals surface area contributed by atoms with Crippen molar-refractivity contribution >= 4 is 0 Å². The van der Waals surface area contributed by atoms with Gasteiger partial charge in [0.1, 0.15) is 0 Å². The SMILES string of the molecule is CC12CCC(O)CC1CCC1C2CCC23O[C@@](C)(CCCCCCN)[C@H]2CCC13. The van der Waals surface area contributed by atoms with E-state index >= 15 is 0 Å². The Balaban J connectivity index is 1.26. The highest BCUT2D eigenvalue weighted by molar-refractivity contribution is 5.20. The Morgan fingerprint density at radius 3 is 2.55 bits per heavy atom. The van der Waals surface area contributed by atoms with Gasteiger partial charge in [-0.1, -0.05) is 26.2 Å². The van der Waals surface area contributed by atoms with E-state index < -0.39 is 0 Å². The summed E-state index contributed by atoms with van der Waals surface area (Å²) < 4.78 is 7.02. The third-order valence-corrected chi connectivity index (χ3v) is 10.9. The molecule has 0 bridgehead atoms. The van der Waals surface area contributed by atoms with Crippen LogP contribution in [0.4, 0.5) is 0 Å². The van der Waals surface area contributed by atoms with Gasteiger partial charge in [-0.15, -0.1) is 0 Å². The second kappa shape index (κ2) is 7.48. The van der Waals surface area contributed by atoms with Crippen LogP contribution in [0, 0.1) is 35.0 Å². The van der Waals surface area contributed by atoms with Crippen molar-refractivity contribution in [2.75, 3.05) is 6.54 Å². The van der Waals surface area contributed by atoms with Crippen LogP contribution in [0.2, 0.25) is 0 Å². The van der Waals surface area contributed by atoms with Gasteiger partial charge in [-0.2, -0.15) is 0 Å². The third-order valence-electron chi connectivity index (χ3n) is 10.9. The van der Waals surface area contributed by atoms with Gasteiger partial charge in [0.15, 0.2) is 0 Å². The first kappa shape index (κ1) is 20.8. The van der Waals surface area contributed by atoms with E-state index in [4.69, 9.17) is 10.5 Å². The highest BCUT2D eigenvalue weighted by Crippen LogP contribution is 2.71. The fourth-order valence-corrected chi connectivity index (χ4v) is 9.52. The van der Waals surface area contributed by atoms with Gasteiger partial charge in [0.25, 0.3) is 0 Å². The van der Waals surface area contributed by atoms with Crippen molar-refractivity contribution in [3.05, 3.63) is 0 Å². The van der Waals surface area contributed by atoms with Crippen molar-refractivity contribution in [2.45, 2.75) is 121 Å². The van der Waals surface area contributed by atoms with Crippen LogP contribution < -0.4 is 5.73 Å². The first-order valence-corrected chi connectivity index (χ1v) is 13.0. The molecule has 1 aliphatic heterocycles. The molecule has 3 N–H and O–H groups in total. The molecule has 9 atom stereocenters. The highest BCUT2D eigenvalue weighted by Gasteiger charge is 2.71. The summed E-state index contributed by atoms with van der Waals surface area (Å²) in [5, 5.41) is 10.2. The molecule has 29 heavy (non-hydrogen) atoms. The van der Waals surface area contributed by atoms with E-state index in [1.807, 2.05) is 0 Å². The predicted molar refractivity (Wildman–Crippen MR) is 117 cm³/mol. The average molecular weight is 404 g/mol. The Bertz CT molecular complexity index is 610. The number of hydrogen-bond acceptors (Lipinski definition) is 3. The van der Waals surface area contributed by atoms with Gasteiger partial charge in [0, 0.05) is 5.92 Å². The minimum absolute atomic E-state index is 0.0315. The van der Waals surface area contributed by atoms with Crippen molar-refractivity contribution in [2.24, 2.45) is 40.7 Å². The lowest BCUT2D eigenvalue weighted by Crippen LogP contribution is -2.70. The lowest BCUT2D eigenvalue weighted by atomic mass is 9.45. The number of nitrogens with two attached hydrogens (primary N) is 1. The van der Waals surface area contributed by atoms with Crippen LogP contribution in [0.5, 0.6) is 0 Å². The molecule has 3 heteroatoms. The Hall–Kier alpha value is -0.120. The smallest absolute Gasteiger partial charge is 0.0776 e. The molecule has 1 spiro atoms. The molecule has 1 heterocycles. The summed E-state index contributed by atoms with van der Waals surface area (Å²) in [6, 6.07) is 0. The molecule has 4 aliphatic carbocycles. The average Bonchev–Trinajstić information content (AvgIpc) is 3.02. The first-order chi connectivity index (χ1) is 13.9. The molecular formula is C26H45NO2. The number of aliphatic hydroxyl groups is 1. The number of rotatable bonds is 6. The topological polar surface area (TPSA) is 55.5 Å². The molecule has 3 nitrogen and oxygen atoms in total. The molecule has 0 aromatic rings. The molecular weight excluding hydrogens is 358 g/mol. The Labute approximate surface area is 178 Å². The molecule has 5 rings (SSSR count). The second-order valence-electron chi connectivity index (χ2n) is 12.1. The fraction of sp³-hybridized carbons (Fsp3) is 1.00. The van der Waals surface area contributed by atoms with E-state index in [1.165, 1.54) is 77.0 Å². The fourth-order valence-electron chi connectivity index (χ4n) is 9.52. The number of ether oxygens (including phenoxy) is 1. The number of fused-ring (bicyclic) bond motifs is 4. The van der Waals surface area contributed by atoms with E-state index in [1.54, 1.807) is 0 Å². The van der Waals surface area contributed by atoms with E-state index in [9.17, 15) is 5.11 Å². The van der Waals surface area contributed by atoms with Crippen molar-refractivity contribution in [1.29, 1.82) is 0 Å². The van der Waals surface area contributed by atoms with Crippen LogP contribution in [-0.2, 0) is 4.74 Å². The van der Waals surface area contributed by atoms with Gasteiger partial charge in [0.2, 0.25) is 0 Å². The summed E-state index contributed by atoms with van der Waals surface area (Å²) in [7, 11) is 0. The van der Waals surface area contributed by atoms with E-state index in [0.717, 1.165) is 49.0 Å². The zero-order valence-corrected chi connectivity index (χ0v) is 19.0. The maximum absolute atomic E-state index is 10.2. The van der Waals surface area contributed by atoms with E-state index in [0.29, 0.717) is 5.41 Å². The van der Waals surface area contributed by atoms with Gasteiger partial charge in [-0.05, 0) is 113 Å². The molecule has 0 aromatic carbocycles. The molecule has 5 fully saturated rings. The van der Waals surface area contributed by atoms with Crippen LogP contribution in [0.1, 0.15) is 104 Å². The summed E-state index contributed by atoms with van der Waals surface area (Å²) in [5.74, 6) is 4.17. The summed E-state index contributed by atoms with van der Waals surface area (Å²) in [6.45, 7) is 5.86. The quantitative estimate of drug-likeness (QED) is 0.581. The summed E-state index contributed by atoms with van der Waals surface area (Å²) in [4.78, 5) is 0. The van der Waals surface area contributed by atoms with Crippen LogP contribution in [0.3, 0.4) is 0 Å². The Morgan fingerprint density at radius 1 is 0.897 bits per heavy atom. The summed E-state index contributed by atoms with van der Waals surface area (Å²) in [6.07, 6.45) is 17.9. The third kappa shape index (κ3) is 3.08. The van der Waals surface area contributed by atoms with Gasteiger partial charge in [0.05, 0.1) is 17.3 Å². The van der Waals surface area contributed by atoms with E-state index in [-0.39, 0.29) is 17.3 Å². The van der Waals surface area contributed by atoms with Crippen molar-refractivity contribution < 1.29 is 9.84 Å². The predicted octanol–water partition coefficient (Wildman–Crippen LogP) is 5.44. The molecule has 0 amide bonds. The second-order valence-corrected chi connectivity index (χ2v) is 12.1. The molecule has 5 aliphatic rings. The Kier molecular flexibility index (Phi) is 5.36. The number of unbranched alkanes of at least 4 members (excludes halogenated alkanes) is 3. The minimum atomic E-state index is -0.0315. The molecule has 1 saturated heterocycles. The van der Waals surface area contributed by atoms with Crippen LogP contribution in [0.15, 0.2) is 0 Å². The maximum atomic E-state index is 10.2. The maximum Gasteiger partial charge on any atom is 0.0776 e. The number of hydrogen-bond donors (Lipinski definition) is 2. The highest BCUT2D eigenvalue weighted by atomic mass is 16.6. The summed E-state index contributed by atoms with van der Waals surface area (Å²) in [5.41, 5.74) is 6.53.